The predicted octanol–water partition coefficient (Wildman–Crippen LogP) is 2.37. The van der Waals surface area contributed by atoms with Gasteiger partial charge in [0, 0.05) is 6.42 Å². The molecule has 1 unspecified atom stereocenters. The summed E-state index contributed by atoms with van der Waals surface area (Å²) in [5.74, 6) is 2.05. The third-order valence-corrected chi connectivity index (χ3v) is 4.32. The smallest absolute Gasteiger partial charge is 0.226 e. The average molecular weight is 265 g/mol. The summed E-state index contributed by atoms with van der Waals surface area (Å²) in [5, 5.41) is 3.99. The normalized spacial score (nSPS) is 22.6. The Labute approximate surface area is 113 Å². The summed E-state index contributed by atoms with van der Waals surface area (Å²) >= 11 is 0. The van der Waals surface area contributed by atoms with Crippen LogP contribution in [-0.2, 0) is 11.2 Å². The summed E-state index contributed by atoms with van der Waals surface area (Å²) in [6.07, 6.45) is 10.1. The molecule has 0 aromatic carbocycles. The van der Waals surface area contributed by atoms with Crippen molar-refractivity contribution >= 4 is 0 Å². The molecule has 106 valence electrons. The molecule has 19 heavy (non-hydrogen) atoms. The van der Waals surface area contributed by atoms with Crippen LogP contribution in [0.3, 0.4) is 0 Å². The third-order valence-electron chi connectivity index (χ3n) is 4.32. The zero-order valence-electron chi connectivity index (χ0n) is 11.4. The molecule has 5 heteroatoms. The van der Waals surface area contributed by atoms with E-state index in [9.17, 15) is 0 Å². The quantitative estimate of drug-likeness (QED) is 0.854. The van der Waals surface area contributed by atoms with Gasteiger partial charge in [0.15, 0.2) is 5.82 Å². The summed E-state index contributed by atoms with van der Waals surface area (Å²) in [7, 11) is 0. The minimum absolute atomic E-state index is 0.262. The molecule has 0 aliphatic heterocycles. The van der Waals surface area contributed by atoms with E-state index in [1.807, 2.05) is 0 Å². The van der Waals surface area contributed by atoms with E-state index in [0.717, 1.165) is 31.1 Å². The van der Waals surface area contributed by atoms with Crippen LogP contribution >= 0.6 is 0 Å². The van der Waals surface area contributed by atoms with E-state index in [0.29, 0.717) is 18.5 Å². The van der Waals surface area contributed by atoms with Gasteiger partial charge in [-0.25, -0.2) is 0 Å². The maximum absolute atomic E-state index is 6.03. The van der Waals surface area contributed by atoms with Gasteiger partial charge in [-0.3, -0.25) is 0 Å². The number of ether oxygens (including phenoxy) is 1. The highest BCUT2D eigenvalue weighted by molar-refractivity contribution is 4.94. The van der Waals surface area contributed by atoms with Crippen molar-refractivity contribution in [1.82, 2.24) is 10.1 Å². The molecular weight excluding hydrogens is 242 g/mol. The fourth-order valence-electron chi connectivity index (χ4n) is 2.81. The van der Waals surface area contributed by atoms with Crippen molar-refractivity contribution < 1.29 is 9.26 Å². The molecule has 5 nitrogen and oxygen atoms in total. The van der Waals surface area contributed by atoms with E-state index in [1.54, 1.807) is 0 Å². The topological polar surface area (TPSA) is 74.2 Å². The first-order chi connectivity index (χ1) is 9.31. The molecule has 1 aromatic heterocycles. The lowest BCUT2D eigenvalue weighted by atomic mass is 9.96. The summed E-state index contributed by atoms with van der Waals surface area (Å²) < 4.78 is 11.0. The maximum atomic E-state index is 6.03. The minimum atomic E-state index is -0.262. The third kappa shape index (κ3) is 3.34. The van der Waals surface area contributed by atoms with Crippen molar-refractivity contribution in [1.29, 1.82) is 0 Å². The lowest BCUT2D eigenvalue weighted by molar-refractivity contribution is -0.00549. The summed E-state index contributed by atoms with van der Waals surface area (Å²) in [5.41, 5.74) is 6.03. The molecule has 2 saturated carbocycles. The molecule has 0 bridgehead atoms. The minimum Gasteiger partial charge on any atom is -0.376 e. The van der Waals surface area contributed by atoms with E-state index in [-0.39, 0.29) is 6.04 Å². The molecule has 0 spiro atoms. The van der Waals surface area contributed by atoms with Crippen LogP contribution < -0.4 is 5.73 Å². The highest BCUT2D eigenvalue weighted by Gasteiger charge is 2.23. The van der Waals surface area contributed by atoms with Crippen LogP contribution in [0, 0.1) is 5.92 Å². The second-order valence-corrected chi connectivity index (χ2v) is 5.89. The zero-order chi connectivity index (χ0) is 13.1. The van der Waals surface area contributed by atoms with Gasteiger partial charge in [0.05, 0.1) is 18.8 Å². The summed E-state index contributed by atoms with van der Waals surface area (Å²) in [4.78, 5) is 4.41. The Morgan fingerprint density at radius 2 is 2.00 bits per heavy atom. The van der Waals surface area contributed by atoms with Crippen LogP contribution in [0.2, 0.25) is 0 Å². The fraction of sp³-hybridized carbons (Fsp3) is 0.857. The second kappa shape index (κ2) is 6.01. The molecule has 1 atom stereocenters. The van der Waals surface area contributed by atoms with Crippen molar-refractivity contribution in [2.45, 2.75) is 63.5 Å². The molecule has 1 aromatic rings. The zero-order valence-corrected chi connectivity index (χ0v) is 11.4. The van der Waals surface area contributed by atoms with Gasteiger partial charge in [-0.05, 0) is 38.0 Å². The van der Waals surface area contributed by atoms with E-state index >= 15 is 0 Å². The number of hydrogen-bond donors (Lipinski definition) is 1. The van der Waals surface area contributed by atoms with Crippen molar-refractivity contribution in [3.8, 4) is 0 Å². The molecule has 0 amide bonds. The Morgan fingerprint density at radius 3 is 2.68 bits per heavy atom. The number of aromatic nitrogens is 2. The molecule has 2 aliphatic rings. The average Bonchev–Trinajstić information content (AvgIpc) is 2.99. The van der Waals surface area contributed by atoms with Gasteiger partial charge in [0.25, 0.3) is 0 Å². The highest BCUT2D eigenvalue weighted by Crippen LogP contribution is 2.28. The van der Waals surface area contributed by atoms with Gasteiger partial charge >= 0.3 is 0 Å². The largest absolute Gasteiger partial charge is 0.376 e. The highest BCUT2D eigenvalue weighted by atomic mass is 16.5. The van der Waals surface area contributed by atoms with Gasteiger partial charge in [0.2, 0.25) is 5.89 Å². The second-order valence-electron chi connectivity index (χ2n) is 5.89. The van der Waals surface area contributed by atoms with Gasteiger partial charge < -0.3 is 15.0 Å². The Morgan fingerprint density at radius 1 is 1.21 bits per heavy atom. The Kier molecular flexibility index (Phi) is 4.13. The number of nitrogens with two attached hydrogens (primary N) is 1. The Hall–Kier alpha value is -0.940. The number of hydrogen-bond acceptors (Lipinski definition) is 5. The van der Waals surface area contributed by atoms with Crippen molar-refractivity contribution in [2.75, 3.05) is 6.61 Å². The first-order valence-corrected chi connectivity index (χ1v) is 7.51. The molecule has 0 radical (unpaired) electrons. The van der Waals surface area contributed by atoms with E-state index < -0.39 is 0 Å². The van der Waals surface area contributed by atoms with Gasteiger partial charge in [-0.15, -0.1) is 0 Å². The van der Waals surface area contributed by atoms with Crippen molar-refractivity contribution in [3.63, 3.8) is 0 Å². The first kappa shape index (κ1) is 13.1. The predicted molar refractivity (Wildman–Crippen MR) is 70.5 cm³/mol. The standard InChI is InChI=1S/C14H23N3O2/c15-12(9-18-11-6-3-7-11)14-16-13(19-17-14)8-10-4-1-2-5-10/h10-12H,1-9,15H2. The lowest BCUT2D eigenvalue weighted by Crippen LogP contribution is -2.27. The van der Waals surface area contributed by atoms with Crippen LogP contribution in [0.1, 0.15) is 62.7 Å². The van der Waals surface area contributed by atoms with Gasteiger partial charge in [-0.2, -0.15) is 4.98 Å². The van der Waals surface area contributed by atoms with Gasteiger partial charge in [-0.1, -0.05) is 18.0 Å². The lowest BCUT2D eigenvalue weighted by Gasteiger charge is -2.26. The molecule has 2 aliphatic carbocycles. The van der Waals surface area contributed by atoms with Crippen LogP contribution in [0.5, 0.6) is 0 Å². The van der Waals surface area contributed by atoms with Crippen LogP contribution in [0.4, 0.5) is 0 Å². The summed E-state index contributed by atoms with van der Waals surface area (Å²) in [6.45, 7) is 0.493. The maximum Gasteiger partial charge on any atom is 0.226 e. The van der Waals surface area contributed by atoms with Gasteiger partial charge in [0.1, 0.15) is 0 Å². The Balaban J connectivity index is 1.48. The number of nitrogens with zero attached hydrogens (tertiary/aromatic N) is 2. The molecule has 3 rings (SSSR count). The van der Waals surface area contributed by atoms with E-state index in [1.165, 1.54) is 32.1 Å². The number of rotatable bonds is 6. The monoisotopic (exact) mass is 265 g/mol. The molecule has 1 heterocycles. The van der Waals surface area contributed by atoms with Crippen LogP contribution in [0.25, 0.3) is 0 Å². The molecule has 0 saturated heterocycles. The first-order valence-electron chi connectivity index (χ1n) is 7.51. The Bertz CT molecular complexity index is 397. The fourth-order valence-corrected chi connectivity index (χ4v) is 2.81. The molecule has 2 N–H and O–H groups in total. The van der Waals surface area contributed by atoms with E-state index in [4.69, 9.17) is 15.0 Å². The van der Waals surface area contributed by atoms with Crippen molar-refractivity contribution in [2.24, 2.45) is 11.7 Å². The van der Waals surface area contributed by atoms with Crippen molar-refractivity contribution in [3.05, 3.63) is 11.7 Å². The van der Waals surface area contributed by atoms with E-state index in [2.05, 4.69) is 10.1 Å². The SMILES string of the molecule is NC(COC1CCC1)c1noc(CC2CCCC2)n1. The molecule has 2 fully saturated rings. The van der Waals surface area contributed by atoms with Crippen LogP contribution in [0.15, 0.2) is 4.52 Å². The summed E-state index contributed by atoms with van der Waals surface area (Å²) in [6, 6.07) is -0.262. The molecular formula is C14H23N3O2. The van der Waals surface area contributed by atoms with Crippen LogP contribution in [-0.4, -0.2) is 22.9 Å².